The Bertz CT molecular complexity index is 584. The quantitative estimate of drug-likeness (QED) is 0.815. The Labute approximate surface area is 126 Å². The highest BCUT2D eigenvalue weighted by Gasteiger charge is 2.10. The lowest BCUT2D eigenvalue weighted by molar-refractivity contribution is 0.102. The number of rotatable bonds is 5. The maximum atomic E-state index is 12.3. The molecule has 5 heteroatoms. The van der Waals surface area contributed by atoms with Crippen LogP contribution in [0.2, 0.25) is 0 Å². The monoisotopic (exact) mass is 333 g/mol. The van der Waals surface area contributed by atoms with Gasteiger partial charge in [0, 0.05) is 12.2 Å². The number of nitrogens with one attached hydrogen (secondary N) is 2. The number of para-hydroxylation sites is 1. The number of hydrogen-bond donors (Lipinski definition) is 2. The van der Waals surface area contributed by atoms with Gasteiger partial charge >= 0.3 is 0 Å². The molecule has 104 valence electrons. The van der Waals surface area contributed by atoms with Crippen LogP contribution >= 0.6 is 15.9 Å². The Morgan fingerprint density at radius 1 is 1.25 bits per heavy atom. The standard InChI is InChI=1S/C15H16BrN3O/c1-2-9-17-13-6-4-3-5-12(13)15(20)19-11-7-8-14(16)18-10-11/h3-8,10,17H,2,9H2,1H3,(H,19,20). The van der Waals surface area contributed by atoms with E-state index in [1.165, 1.54) is 0 Å². The molecule has 20 heavy (non-hydrogen) atoms. The largest absolute Gasteiger partial charge is 0.384 e. The average molecular weight is 334 g/mol. The van der Waals surface area contributed by atoms with E-state index in [1.807, 2.05) is 18.2 Å². The van der Waals surface area contributed by atoms with Gasteiger partial charge in [0.1, 0.15) is 4.60 Å². The van der Waals surface area contributed by atoms with Gasteiger partial charge < -0.3 is 10.6 Å². The lowest BCUT2D eigenvalue weighted by Crippen LogP contribution is -2.15. The van der Waals surface area contributed by atoms with Crippen LogP contribution in [0.4, 0.5) is 11.4 Å². The van der Waals surface area contributed by atoms with Crippen LogP contribution in [0.25, 0.3) is 0 Å². The molecule has 0 atom stereocenters. The number of aromatic nitrogens is 1. The zero-order valence-electron chi connectivity index (χ0n) is 11.2. The molecule has 0 saturated heterocycles. The van der Waals surface area contributed by atoms with Crippen molar-refractivity contribution in [2.24, 2.45) is 0 Å². The van der Waals surface area contributed by atoms with Gasteiger partial charge in [0.05, 0.1) is 17.4 Å². The Morgan fingerprint density at radius 2 is 2.05 bits per heavy atom. The van der Waals surface area contributed by atoms with Crippen LogP contribution in [0.3, 0.4) is 0 Å². The third kappa shape index (κ3) is 3.81. The minimum Gasteiger partial charge on any atom is -0.384 e. The molecule has 0 unspecified atom stereocenters. The van der Waals surface area contributed by atoms with Crippen molar-refractivity contribution in [1.29, 1.82) is 0 Å². The molecular weight excluding hydrogens is 318 g/mol. The van der Waals surface area contributed by atoms with Crippen LogP contribution < -0.4 is 10.6 Å². The predicted molar refractivity (Wildman–Crippen MR) is 85.1 cm³/mol. The molecule has 0 bridgehead atoms. The average Bonchev–Trinajstić information content (AvgIpc) is 2.47. The van der Waals surface area contributed by atoms with Crippen molar-refractivity contribution in [2.75, 3.05) is 17.2 Å². The van der Waals surface area contributed by atoms with Gasteiger partial charge in [-0.1, -0.05) is 19.1 Å². The van der Waals surface area contributed by atoms with Crippen LogP contribution in [0.5, 0.6) is 0 Å². The summed E-state index contributed by atoms with van der Waals surface area (Å²) < 4.78 is 0.737. The number of anilines is 2. The van der Waals surface area contributed by atoms with Crippen LogP contribution in [-0.4, -0.2) is 17.4 Å². The van der Waals surface area contributed by atoms with E-state index in [0.29, 0.717) is 11.3 Å². The lowest BCUT2D eigenvalue weighted by Gasteiger charge is -2.11. The molecule has 0 aliphatic rings. The molecular formula is C15H16BrN3O. The summed E-state index contributed by atoms with van der Waals surface area (Å²) in [7, 11) is 0. The molecule has 0 radical (unpaired) electrons. The van der Waals surface area contributed by atoms with Gasteiger partial charge in [-0.3, -0.25) is 4.79 Å². The first-order valence-electron chi connectivity index (χ1n) is 6.46. The number of benzene rings is 1. The van der Waals surface area contributed by atoms with Crippen molar-refractivity contribution in [3.63, 3.8) is 0 Å². The van der Waals surface area contributed by atoms with E-state index in [4.69, 9.17) is 0 Å². The normalized spacial score (nSPS) is 10.1. The molecule has 0 saturated carbocycles. The molecule has 0 fully saturated rings. The Kier molecular flexibility index (Phi) is 5.12. The first kappa shape index (κ1) is 14.5. The van der Waals surface area contributed by atoms with Crippen LogP contribution in [0.15, 0.2) is 47.2 Å². The molecule has 2 aromatic rings. The summed E-state index contributed by atoms with van der Waals surface area (Å²) in [5.74, 6) is -0.145. The molecule has 0 aliphatic carbocycles. The summed E-state index contributed by atoms with van der Waals surface area (Å²) in [5.41, 5.74) is 2.14. The topological polar surface area (TPSA) is 54.0 Å². The number of carbonyl (C=O) groups is 1. The second-order valence-electron chi connectivity index (χ2n) is 4.30. The van der Waals surface area contributed by atoms with Crippen LogP contribution in [0.1, 0.15) is 23.7 Å². The van der Waals surface area contributed by atoms with Gasteiger partial charge in [0.2, 0.25) is 0 Å². The van der Waals surface area contributed by atoms with Crippen molar-refractivity contribution < 1.29 is 4.79 Å². The molecule has 4 nitrogen and oxygen atoms in total. The van der Waals surface area contributed by atoms with Gasteiger partial charge in [0.15, 0.2) is 0 Å². The summed E-state index contributed by atoms with van der Waals surface area (Å²) >= 11 is 3.26. The van der Waals surface area contributed by atoms with Crippen molar-refractivity contribution in [1.82, 2.24) is 4.98 Å². The predicted octanol–water partition coefficient (Wildman–Crippen LogP) is 3.92. The smallest absolute Gasteiger partial charge is 0.257 e. The highest BCUT2D eigenvalue weighted by atomic mass is 79.9. The SMILES string of the molecule is CCCNc1ccccc1C(=O)Nc1ccc(Br)nc1. The molecule has 1 heterocycles. The van der Waals surface area contributed by atoms with E-state index in [1.54, 1.807) is 24.4 Å². The molecule has 2 N–H and O–H groups in total. The van der Waals surface area contributed by atoms with Gasteiger partial charge in [-0.15, -0.1) is 0 Å². The van der Waals surface area contributed by atoms with Crippen LogP contribution in [0, 0.1) is 0 Å². The number of halogens is 1. The van der Waals surface area contributed by atoms with Crippen molar-refractivity contribution in [2.45, 2.75) is 13.3 Å². The minimum absolute atomic E-state index is 0.145. The number of nitrogens with zero attached hydrogens (tertiary/aromatic N) is 1. The molecule has 1 aromatic carbocycles. The third-order valence-electron chi connectivity index (χ3n) is 2.72. The number of hydrogen-bond acceptors (Lipinski definition) is 3. The highest BCUT2D eigenvalue weighted by Crippen LogP contribution is 2.17. The van der Waals surface area contributed by atoms with Crippen molar-refractivity contribution in [3.05, 3.63) is 52.8 Å². The van der Waals surface area contributed by atoms with Crippen molar-refractivity contribution in [3.8, 4) is 0 Å². The zero-order chi connectivity index (χ0) is 14.4. The first-order valence-corrected chi connectivity index (χ1v) is 7.26. The second kappa shape index (κ2) is 7.05. The number of carbonyl (C=O) groups excluding carboxylic acids is 1. The molecule has 2 rings (SSSR count). The summed E-state index contributed by atoms with van der Waals surface area (Å²) in [5, 5.41) is 6.09. The first-order chi connectivity index (χ1) is 9.70. The van der Waals surface area contributed by atoms with E-state index >= 15 is 0 Å². The summed E-state index contributed by atoms with van der Waals surface area (Å²) in [6, 6.07) is 11.1. The number of pyridine rings is 1. The molecule has 0 spiro atoms. The maximum Gasteiger partial charge on any atom is 0.257 e. The highest BCUT2D eigenvalue weighted by molar-refractivity contribution is 9.10. The minimum atomic E-state index is -0.145. The fourth-order valence-corrected chi connectivity index (χ4v) is 1.98. The fourth-order valence-electron chi connectivity index (χ4n) is 1.74. The van der Waals surface area contributed by atoms with Gasteiger partial charge in [-0.2, -0.15) is 0 Å². The zero-order valence-corrected chi connectivity index (χ0v) is 12.8. The Hall–Kier alpha value is -1.88. The van der Waals surface area contributed by atoms with E-state index < -0.39 is 0 Å². The fraction of sp³-hybridized carbons (Fsp3) is 0.200. The van der Waals surface area contributed by atoms with E-state index in [-0.39, 0.29) is 5.91 Å². The van der Waals surface area contributed by atoms with Crippen LogP contribution in [-0.2, 0) is 0 Å². The summed E-state index contributed by atoms with van der Waals surface area (Å²) in [6.45, 7) is 2.92. The summed E-state index contributed by atoms with van der Waals surface area (Å²) in [4.78, 5) is 16.4. The molecule has 1 amide bonds. The Balaban J connectivity index is 2.14. The number of amides is 1. The maximum absolute atomic E-state index is 12.3. The second-order valence-corrected chi connectivity index (χ2v) is 5.11. The molecule has 1 aromatic heterocycles. The van der Waals surface area contributed by atoms with Gasteiger partial charge in [-0.05, 0) is 46.6 Å². The van der Waals surface area contributed by atoms with E-state index in [2.05, 4.69) is 38.5 Å². The summed E-state index contributed by atoms with van der Waals surface area (Å²) in [6.07, 6.45) is 2.62. The van der Waals surface area contributed by atoms with Crippen molar-refractivity contribution >= 4 is 33.2 Å². The Morgan fingerprint density at radius 3 is 2.75 bits per heavy atom. The van der Waals surface area contributed by atoms with E-state index in [0.717, 1.165) is 23.3 Å². The van der Waals surface area contributed by atoms with Gasteiger partial charge in [-0.25, -0.2) is 4.98 Å². The lowest BCUT2D eigenvalue weighted by atomic mass is 10.1. The van der Waals surface area contributed by atoms with Gasteiger partial charge in [0.25, 0.3) is 5.91 Å². The molecule has 0 aliphatic heterocycles. The third-order valence-corrected chi connectivity index (χ3v) is 3.19. The van der Waals surface area contributed by atoms with E-state index in [9.17, 15) is 4.79 Å².